The van der Waals surface area contributed by atoms with Gasteiger partial charge in [-0.15, -0.1) is 24.3 Å². The maximum absolute atomic E-state index is 8.12. The average Bonchev–Trinajstić information content (AvgIpc) is 3.56. The van der Waals surface area contributed by atoms with E-state index in [9.17, 15) is 0 Å². The number of para-hydroxylation sites is 2. The molecule has 0 N–H and O–H groups in total. The van der Waals surface area contributed by atoms with Gasteiger partial charge >= 0.3 is 21.1 Å². The van der Waals surface area contributed by atoms with Gasteiger partial charge in [0.25, 0.3) is 0 Å². The standard InChI is InChI=1S/C32H28N4OSi2.Pt/c1-33-19-35-25-17-21(13-15-27(25)38(3,4)29-11-7-9-23(33)31(29)35)37-22-14-16-28-26(18-22)36-20-34(2)24-10-8-12-30(32(24)36)39(28,5)6;/h7-16H,1-6H3;/q-2;+4/i1D3,2D3;. The van der Waals surface area contributed by atoms with Gasteiger partial charge in [0.2, 0.25) is 12.7 Å². The van der Waals surface area contributed by atoms with E-state index in [2.05, 4.69) is 75.2 Å². The normalized spacial score (nSPS) is 18.3. The first-order valence-electron chi connectivity index (χ1n) is 15.9. The number of fused-ring (bicyclic) bond motifs is 4. The van der Waals surface area contributed by atoms with E-state index in [4.69, 9.17) is 13.0 Å². The summed E-state index contributed by atoms with van der Waals surface area (Å²) in [7, 11) is -4.43. The molecular weight excluding hydrogens is 708 g/mol. The molecule has 2 aliphatic rings. The van der Waals surface area contributed by atoms with Gasteiger partial charge in [-0.05, 0) is 0 Å². The number of nitrogens with zero attached hydrogens (tertiary/aromatic N) is 4. The number of imidazole rings is 2. The van der Waals surface area contributed by atoms with Crippen molar-refractivity contribution in [1.82, 2.24) is 9.13 Å². The van der Waals surface area contributed by atoms with Crippen molar-refractivity contribution in [3.8, 4) is 22.9 Å². The third-order valence-corrected chi connectivity index (χ3v) is 15.5. The molecule has 8 heteroatoms. The maximum Gasteiger partial charge on any atom is 4.00 e. The molecular formula is C32H28N4OPtSi2+2. The van der Waals surface area contributed by atoms with Crippen LogP contribution in [-0.4, -0.2) is 25.3 Å². The number of hydrogen-bond acceptors (Lipinski definition) is 1. The fourth-order valence-corrected chi connectivity index (χ4v) is 12.3. The van der Waals surface area contributed by atoms with Crippen LogP contribution in [0.2, 0.25) is 26.2 Å². The van der Waals surface area contributed by atoms with Crippen molar-refractivity contribution in [3.63, 3.8) is 0 Å². The second-order valence-corrected chi connectivity index (χ2v) is 20.1. The van der Waals surface area contributed by atoms with Crippen LogP contribution in [0.15, 0.2) is 60.7 Å². The van der Waals surface area contributed by atoms with Crippen LogP contribution < -0.4 is 34.6 Å². The number of hydrogen-bond donors (Lipinski definition) is 0. The van der Waals surface area contributed by atoms with E-state index in [1.807, 2.05) is 36.4 Å². The van der Waals surface area contributed by atoms with E-state index < -0.39 is 30.1 Å². The van der Waals surface area contributed by atoms with Gasteiger partial charge in [0.05, 0.1) is 44.2 Å². The first-order valence-corrected chi connectivity index (χ1v) is 18.9. The molecule has 198 valence electrons. The summed E-state index contributed by atoms with van der Waals surface area (Å²) in [6.07, 6.45) is 6.18. The summed E-state index contributed by atoms with van der Waals surface area (Å²) in [4.78, 5) is 0. The Bertz CT molecular complexity index is 2100. The average molecular weight is 742 g/mol. The van der Waals surface area contributed by atoms with Crippen molar-refractivity contribution < 1.29 is 43.2 Å². The minimum atomic E-state index is -2.39. The fourth-order valence-electron chi connectivity index (χ4n) is 6.45. The van der Waals surface area contributed by atoms with Gasteiger partial charge in [-0.1, -0.05) is 84.3 Å². The molecule has 2 aromatic heterocycles. The maximum atomic E-state index is 8.12. The third kappa shape index (κ3) is 3.23. The van der Waals surface area contributed by atoms with Crippen LogP contribution >= 0.6 is 0 Å². The van der Waals surface area contributed by atoms with Gasteiger partial charge in [-0.25, -0.2) is 0 Å². The monoisotopic (exact) mass is 741 g/mol. The number of ether oxygens (including phenoxy) is 1. The van der Waals surface area contributed by atoms with Gasteiger partial charge in [0, 0.05) is 27.6 Å². The van der Waals surface area contributed by atoms with Crippen LogP contribution in [0, 0.1) is 24.8 Å². The van der Waals surface area contributed by atoms with Crippen LogP contribution in [0.4, 0.5) is 0 Å². The summed E-state index contributed by atoms with van der Waals surface area (Å²) < 4.78 is 61.2. The molecule has 0 aliphatic carbocycles. The number of benzene rings is 4. The van der Waals surface area contributed by atoms with Crippen molar-refractivity contribution in [2.45, 2.75) is 26.2 Å². The second-order valence-electron chi connectivity index (χ2n) is 11.4. The minimum Gasteiger partial charge on any atom is -0.511 e. The molecule has 5 nitrogen and oxygen atoms in total. The number of aromatic nitrogens is 4. The number of aryl methyl sites for hydroxylation is 2. The molecule has 0 unspecified atom stereocenters. The predicted octanol–water partition coefficient (Wildman–Crippen LogP) is 2.49. The molecule has 0 saturated carbocycles. The van der Waals surface area contributed by atoms with Crippen molar-refractivity contribution in [1.29, 1.82) is 0 Å². The molecule has 0 atom stereocenters. The SMILES string of the molecule is [2H]C([2H])([2H])[n+]1[c-]n2c3c(cccc31)[Si](C)(C)c1ccc(Oc3[c-]c4c(cc3)[Si](C)(C)c3cccc5c3n-4[c-][n+]5C([2H])([2H])[2H])[c-]c1-2.[Pt+4]. The molecule has 0 amide bonds. The zero-order valence-electron chi connectivity index (χ0n) is 28.3. The van der Waals surface area contributed by atoms with E-state index in [0.29, 0.717) is 22.5 Å². The van der Waals surface area contributed by atoms with Crippen molar-refractivity contribution in [2.24, 2.45) is 14.0 Å². The van der Waals surface area contributed by atoms with E-state index in [1.165, 1.54) is 9.13 Å². The molecule has 6 aromatic rings. The third-order valence-electron chi connectivity index (χ3n) is 8.52. The summed E-state index contributed by atoms with van der Waals surface area (Å²) in [5.74, 6) is 0.911. The fraction of sp³-hybridized carbons (Fsp3) is 0.188. The van der Waals surface area contributed by atoms with Crippen molar-refractivity contribution in [2.75, 3.05) is 0 Å². The second kappa shape index (κ2) is 8.38. The molecule has 40 heavy (non-hydrogen) atoms. The van der Waals surface area contributed by atoms with E-state index >= 15 is 0 Å². The first-order chi connectivity index (χ1) is 21.1. The minimum absolute atomic E-state index is 0. The quantitative estimate of drug-likeness (QED) is 0.153. The zero-order chi connectivity index (χ0) is 31.8. The van der Waals surface area contributed by atoms with Crippen LogP contribution in [-0.2, 0) is 35.0 Å². The van der Waals surface area contributed by atoms with Gasteiger partial charge in [0.1, 0.15) is 0 Å². The van der Waals surface area contributed by atoms with Gasteiger partial charge < -0.3 is 23.0 Å². The van der Waals surface area contributed by atoms with E-state index in [-0.39, 0.29) is 21.1 Å². The van der Waals surface area contributed by atoms with Crippen LogP contribution in [0.3, 0.4) is 0 Å². The van der Waals surface area contributed by atoms with Crippen LogP contribution in [0.1, 0.15) is 8.22 Å². The first kappa shape index (κ1) is 19.8. The number of rotatable bonds is 2. The topological polar surface area (TPSA) is 26.8 Å². The smallest absolute Gasteiger partial charge is 0.511 e. The molecule has 2 aliphatic heterocycles. The van der Waals surface area contributed by atoms with Gasteiger partial charge in [-0.2, -0.15) is 22.5 Å². The molecule has 0 saturated heterocycles. The van der Waals surface area contributed by atoms with E-state index in [0.717, 1.165) is 43.2 Å². The Kier molecular flexibility index (Phi) is 4.14. The molecule has 0 fully saturated rings. The predicted molar refractivity (Wildman–Crippen MR) is 158 cm³/mol. The molecule has 4 aromatic carbocycles. The Balaban J connectivity index is 0.00000338. The molecule has 0 spiro atoms. The van der Waals surface area contributed by atoms with Gasteiger partial charge in [0.15, 0.2) is 0 Å². The van der Waals surface area contributed by atoms with Crippen molar-refractivity contribution in [3.05, 3.63) is 85.5 Å². The summed E-state index contributed by atoms with van der Waals surface area (Å²) in [6.45, 7) is 4.24. The molecule has 0 radical (unpaired) electrons. The van der Waals surface area contributed by atoms with E-state index in [1.54, 1.807) is 9.13 Å². The van der Waals surface area contributed by atoms with Crippen molar-refractivity contribution >= 4 is 59.0 Å². The Morgan fingerprint density at radius 3 is 1.52 bits per heavy atom. The largest absolute Gasteiger partial charge is 4.00 e. The Labute approximate surface area is 259 Å². The summed E-state index contributed by atoms with van der Waals surface area (Å²) in [5.41, 5.74) is 4.36. The Hall–Kier alpha value is -3.26. The Morgan fingerprint density at radius 1 is 0.650 bits per heavy atom. The summed E-state index contributed by atoms with van der Waals surface area (Å²) in [6, 6.07) is 26.4. The van der Waals surface area contributed by atoms with Gasteiger partial charge in [-0.3, -0.25) is 0 Å². The molecule has 4 heterocycles. The molecule has 8 rings (SSSR count). The van der Waals surface area contributed by atoms with Crippen LogP contribution in [0.25, 0.3) is 33.4 Å². The summed E-state index contributed by atoms with van der Waals surface area (Å²) >= 11 is 0. The Morgan fingerprint density at radius 2 is 1.10 bits per heavy atom. The zero-order valence-corrected chi connectivity index (χ0v) is 26.6. The molecule has 0 bridgehead atoms. The summed E-state index contributed by atoms with van der Waals surface area (Å²) in [5, 5.41) is 4.51. The van der Waals surface area contributed by atoms with Crippen LogP contribution in [0.5, 0.6) is 11.5 Å².